The van der Waals surface area contributed by atoms with Crippen LogP contribution in [0.2, 0.25) is 0 Å². The number of carbonyl (C=O) groups is 1. The highest BCUT2D eigenvalue weighted by Crippen LogP contribution is 2.32. The molecule has 0 fully saturated rings. The van der Waals surface area contributed by atoms with Crippen molar-refractivity contribution in [2.75, 3.05) is 5.32 Å². The molecule has 0 bridgehead atoms. The molecule has 2 heterocycles. The maximum absolute atomic E-state index is 12.1. The molecule has 118 valence electrons. The van der Waals surface area contributed by atoms with Crippen LogP contribution in [0.25, 0.3) is 10.7 Å². The van der Waals surface area contributed by atoms with Crippen LogP contribution in [0.3, 0.4) is 0 Å². The van der Waals surface area contributed by atoms with Gasteiger partial charge in [0, 0.05) is 12.0 Å². The van der Waals surface area contributed by atoms with Gasteiger partial charge in [0.1, 0.15) is 0 Å². The van der Waals surface area contributed by atoms with Gasteiger partial charge in [0.05, 0.1) is 10.6 Å². The van der Waals surface area contributed by atoms with Crippen molar-refractivity contribution in [3.8, 4) is 10.7 Å². The SMILES string of the molecule is C=CCn1c(-c2sc(NC(=O)C(C)(C)C)nc2C)n[nH]c1=S. The van der Waals surface area contributed by atoms with Crippen LogP contribution >= 0.6 is 23.6 Å². The van der Waals surface area contributed by atoms with Crippen molar-refractivity contribution in [3.05, 3.63) is 23.1 Å². The lowest BCUT2D eigenvalue weighted by atomic mass is 9.96. The van der Waals surface area contributed by atoms with Crippen molar-refractivity contribution in [1.29, 1.82) is 0 Å². The largest absolute Gasteiger partial charge is 0.301 e. The van der Waals surface area contributed by atoms with E-state index >= 15 is 0 Å². The number of aryl methyl sites for hydroxylation is 1. The zero-order valence-corrected chi connectivity index (χ0v) is 14.7. The number of thiazole rings is 1. The van der Waals surface area contributed by atoms with Crippen LogP contribution in [0, 0.1) is 17.1 Å². The van der Waals surface area contributed by atoms with Crippen LogP contribution in [0.1, 0.15) is 26.5 Å². The number of H-pyrrole nitrogens is 1. The van der Waals surface area contributed by atoms with Gasteiger partial charge >= 0.3 is 0 Å². The molecule has 2 N–H and O–H groups in total. The average Bonchev–Trinajstić information content (AvgIpc) is 2.93. The summed E-state index contributed by atoms with van der Waals surface area (Å²) in [6.45, 7) is 11.8. The van der Waals surface area contributed by atoms with Gasteiger partial charge in [-0.05, 0) is 19.1 Å². The first-order chi connectivity index (χ1) is 10.2. The second kappa shape index (κ2) is 6.13. The van der Waals surface area contributed by atoms with Crippen molar-refractivity contribution < 1.29 is 4.79 Å². The van der Waals surface area contributed by atoms with Crippen molar-refractivity contribution in [2.45, 2.75) is 34.2 Å². The Morgan fingerprint density at radius 3 is 2.82 bits per heavy atom. The molecule has 6 nitrogen and oxygen atoms in total. The van der Waals surface area contributed by atoms with Gasteiger partial charge in [-0.15, -0.1) is 6.58 Å². The summed E-state index contributed by atoms with van der Waals surface area (Å²) in [6, 6.07) is 0. The normalized spacial score (nSPS) is 11.5. The zero-order chi connectivity index (χ0) is 16.5. The molecule has 0 saturated carbocycles. The molecule has 22 heavy (non-hydrogen) atoms. The van der Waals surface area contributed by atoms with Crippen LogP contribution in [0.4, 0.5) is 5.13 Å². The number of hydrogen-bond donors (Lipinski definition) is 2. The minimum atomic E-state index is -0.470. The van der Waals surface area contributed by atoms with E-state index < -0.39 is 5.41 Å². The maximum Gasteiger partial charge on any atom is 0.231 e. The minimum Gasteiger partial charge on any atom is -0.301 e. The lowest BCUT2D eigenvalue weighted by molar-refractivity contribution is -0.123. The van der Waals surface area contributed by atoms with Gasteiger partial charge in [0.15, 0.2) is 15.7 Å². The third-order valence-corrected chi connectivity index (χ3v) is 4.35. The molecular weight excluding hydrogens is 318 g/mol. The second-order valence-electron chi connectivity index (χ2n) is 5.89. The van der Waals surface area contributed by atoms with Crippen molar-refractivity contribution in [1.82, 2.24) is 19.7 Å². The van der Waals surface area contributed by atoms with Crippen LogP contribution in [-0.4, -0.2) is 25.7 Å². The lowest BCUT2D eigenvalue weighted by Crippen LogP contribution is -2.27. The Hall–Kier alpha value is -1.80. The molecule has 8 heteroatoms. The van der Waals surface area contributed by atoms with E-state index in [1.54, 1.807) is 6.08 Å². The number of amides is 1. The summed E-state index contributed by atoms with van der Waals surface area (Å²) >= 11 is 6.60. The summed E-state index contributed by atoms with van der Waals surface area (Å²) in [5, 5.41) is 10.5. The van der Waals surface area contributed by atoms with Gasteiger partial charge in [-0.1, -0.05) is 38.2 Å². The number of aromatic amines is 1. The molecule has 2 aromatic rings. The number of nitrogens with zero attached hydrogens (tertiary/aromatic N) is 3. The number of allylic oxidation sites excluding steroid dienone is 1. The fraction of sp³-hybridized carbons (Fsp3) is 0.429. The van der Waals surface area contributed by atoms with E-state index in [0.717, 1.165) is 10.6 Å². The summed E-state index contributed by atoms with van der Waals surface area (Å²) < 4.78 is 2.38. The first kappa shape index (κ1) is 16.6. The number of rotatable bonds is 4. The summed E-state index contributed by atoms with van der Waals surface area (Å²) in [5.74, 6) is 0.633. The Morgan fingerprint density at radius 2 is 2.23 bits per heavy atom. The lowest BCUT2D eigenvalue weighted by Gasteiger charge is -2.15. The minimum absolute atomic E-state index is 0.0715. The van der Waals surface area contributed by atoms with Gasteiger partial charge in [0.2, 0.25) is 5.91 Å². The Bertz CT molecular complexity index is 763. The van der Waals surface area contributed by atoms with Crippen LogP contribution in [0.5, 0.6) is 0 Å². The smallest absolute Gasteiger partial charge is 0.231 e. The predicted octanol–water partition coefficient (Wildman–Crippen LogP) is 3.54. The summed E-state index contributed by atoms with van der Waals surface area (Å²) in [6.07, 6.45) is 1.76. The fourth-order valence-corrected chi connectivity index (χ4v) is 2.90. The molecule has 0 saturated heterocycles. The molecule has 2 rings (SSSR count). The van der Waals surface area contributed by atoms with E-state index in [0.29, 0.717) is 22.3 Å². The molecule has 1 amide bonds. The number of carbonyl (C=O) groups excluding carboxylic acids is 1. The summed E-state index contributed by atoms with van der Waals surface area (Å²) in [7, 11) is 0. The first-order valence-corrected chi connectivity index (χ1v) is 8.02. The maximum atomic E-state index is 12.1. The molecule has 0 radical (unpaired) electrons. The van der Waals surface area contributed by atoms with Crippen molar-refractivity contribution in [2.24, 2.45) is 5.41 Å². The van der Waals surface area contributed by atoms with Gasteiger partial charge in [0.25, 0.3) is 0 Å². The monoisotopic (exact) mass is 337 g/mol. The van der Waals surface area contributed by atoms with Crippen LogP contribution in [-0.2, 0) is 11.3 Å². The molecule has 0 aromatic carbocycles. The summed E-state index contributed by atoms with van der Waals surface area (Å²) in [5.41, 5.74) is 0.330. The van der Waals surface area contributed by atoms with Crippen LogP contribution < -0.4 is 5.32 Å². The van der Waals surface area contributed by atoms with E-state index in [4.69, 9.17) is 12.2 Å². The third-order valence-electron chi connectivity index (χ3n) is 2.97. The van der Waals surface area contributed by atoms with Gasteiger partial charge in [-0.3, -0.25) is 14.5 Å². The average molecular weight is 337 g/mol. The van der Waals surface area contributed by atoms with Gasteiger partial charge in [-0.25, -0.2) is 4.98 Å². The Balaban J connectivity index is 2.37. The van der Waals surface area contributed by atoms with Gasteiger partial charge < -0.3 is 5.32 Å². The standard InChI is InChI=1S/C14H19N5OS2/c1-6-7-19-10(17-18-13(19)21)9-8(2)15-12(22-9)16-11(20)14(3,4)5/h6H,1,7H2,2-5H3,(H,18,21)(H,15,16,20). The highest BCUT2D eigenvalue weighted by Gasteiger charge is 2.23. The topological polar surface area (TPSA) is 75.6 Å². The number of nitrogens with one attached hydrogen (secondary N) is 2. The molecule has 0 atom stereocenters. The predicted molar refractivity (Wildman–Crippen MR) is 91.5 cm³/mol. The van der Waals surface area contributed by atoms with E-state index in [1.165, 1.54) is 11.3 Å². The highest BCUT2D eigenvalue weighted by atomic mass is 32.1. The van der Waals surface area contributed by atoms with E-state index in [1.807, 2.05) is 32.3 Å². The summed E-state index contributed by atoms with van der Waals surface area (Å²) in [4.78, 5) is 17.3. The van der Waals surface area contributed by atoms with Gasteiger partial charge in [-0.2, -0.15) is 5.10 Å². The molecular formula is C14H19N5OS2. The molecule has 0 aliphatic carbocycles. The van der Waals surface area contributed by atoms with E-state index in [2.05, 4.69) is 27.1 Å². The molecule has 0 aliphatic heterocycles. The zero-order valence-electron chi connectivity index (χ0n) is 13.1. The van der Waals surface area contributed by atoms with Crippen molar-refractivity contribution >= 4 is 34.6 Å². The quantitative estimate of drug-likeness (QED) is 0.661. The van der Waals surface area contributed by atoms with Crippen LogP contribution in [0.15, 0.2) is 12.7 Å². The number of anilines is 1. The first-order valence-electron chi connectivity index (χ1n) is 6.79. The highest BCUT2D eigenvalue weighted by molar-refractivity contribution is 7.71. The van der Waals surface area contributed by atoms with Crippen molar-refractivity contribution in [3.63, 3.8) is 0 Å². The third kappa shape index (κ3) is 3.33. The molecule has 0 aliphatic rings. The second-order valence-corrected chi connectivity index (χ2v) is 7.28. The fourth-order valence-electron chi connectivity index (χ4n) is 1.73. The Morgan fingerprint density at radius 1 is 1.55 bits per heavy atom. The Kier molecular flexibility index (Phi) is 4.62. The Labute approximate surface area is 138 Å². The molecule has 0 spiro atoms. The molecule has 0 unspecified atom stereocenters. The molecule has 2 aromatic heterocycles. The van der Waals surface area contributed by atoms with E-state index in [9.17, 15) is 4.79 Å². The van der Waals surface area contributed by atoms with E-state index in [-0.39, 0.29) is 5.91 Å². The number of hydrogen-bond acceptors (Lipinski definition) is 5. The number of aromatic nitrogens is 4.